The number of ether oxygens (including phenoxy) is 1. The molecule has 3 heterocycles. The molecule has 0 bridgehead atoms. The van der Waals surface area contributed by atoms with Crippen LogP contribution in [0.15, 0.2) is 30.7 Å². The van der Waals surface area contributed by atoms with E-state index in [9.17, 15) is 8.42 Å². The van der Waals surface area contributed by atoms with Crippen molar-refractivity contribution in [2.75, 3.05) is 27.2 Å². The third-order valence-electron chi connectivity index (χ3n) is 3.59. The monoisotopic (exact) mass is 338 g/mol. The van der Waals surface area contributed by atoms with Crippen LogP contribution in [0, 0.1) is 0 Å². The van der Waals surface area contributed by atoms with E-state index in [2.05, 4.69) is 15.1 Å². The van der Waals surface area contributed by atoms with Gasteiger partial charge >= 0.3 is 6.01 Å². The van der Waals surface area contributed by atoms with Gasteiger partial charge in [-0.1, -0.05) is 0 Å². The lowest BCUT2D eigenvalue weighted by molar-refractivity contribution is 0.170. The molecule has 0 radical (unpaired) electrons. The molecule has 23 heavy (non-hydrogen) atoms. The van der Waals surface area contributed by atoms with Crippen molar-refractivity contribution in [1.82, 2.24) is 28.4 Å². The molecule has 2 aromatic heterocycles. The zero-order valence-corrected chi connectivity index (χ0v) is 13.7. The van der Waals surface area contributed by atoms with Crippen LogP contribution in [0.4, 0.5) is 0 Å². The van der Waals surface area contributed by atoms with Crippen LogP contribution in [0.1, 0.15) is 11.7 Å². The van der Waals surface area contributed by atoms with Crippen LogP contribution in [0.3, 0.4) is 0 Å². The van der Waals surface area contributed by atoms with Crippen molar-refractivity contribution in [2.24, 2.45) is 0 Å². The molecule has 0 fully saturated rings. The second-order valence-corrected chi connectivity index (χ2v) is 7.49. The molecule has 0 aliphatic carbocycles. The highest BCUT2D eigenvalue weighted by atomic mass is 32.2. The number of hydrogen-bond acceptors (Lipinski definition) is 6. The fourth-order valence-corrected chi connectivity index (χ4v) is 3.53. The third-order valence-corrected chi connectivity index (χ3v) is 5.44. The summed E-state index contributed by atoms with van der Waals surface area (Å²) >= 11 is 0. The van der Waals surface area contributed by atoms with Gasteiger partial charge in [0, 0.05) is 39.2 Å². The summed E-state index contributed by atoms with van der Waals surface area (Å²) in [5.41, 5.74) is 0.823. The maximum absolute atomic E-state index is 12.4. The second kappa shape index (κ2) is 6.22. The molecule has 1 atom stereocenters. The van der Waals surface area contributed by atoms with Crippen LogP contribution in [0.5, 0.6) is 6.01 Å². The first-order chi connectivity index (χ1) is 11.0. The minimum Gasteiger partial charge on any atom is -0.461 e. The van der Waals surface area contributed by atoms with E-state index in [1.54, 1.807) is 29.3 Å². The zero-order valence-electron chi connectivity index (χ0n) is 12.9. The number of nitrogens with zero attached hydrogens (tertiary/aromatic N) is 6. The van der Waals surface area contributed by atoms with Crippen molar-refractivity contribution in [1.29, 1.82) is 0 Å². The van der Waals surface area contributed by atoms with Gasteiger partial charge in [0.25, 0.3) is 10.2 Å². The fourth-order valence-electron chi connectivity index (χ4n) is 2.41. The van der Waals surface area contributed by atoms with Gasteiger partial charge in [0.1, 0.15) is 12.6 Å². The number of rotatable bonds is 5. The Morgan fingerprint density at radius 2 is 2.04 bits per heavy atom. The fraction of sp³-hybridized carbons (Fsp3) is 0.462. The Kier molecular flexibility index (Phi) is 4.28. The number of aromatic nitrogens is 4. The van der Waals surface area contributed by atoms with Crippen LogP contribution >= 0.6 is 0 Å². The lowest BCUT2D eigenvalue weighted by Crippen LogP contribution is -2.47. The molecule has 10 heteroatoms. The van der Waals surface area contributed by atoms with Crippen molar-refractivity contribution in [3.05, 3.63) is 36.4 Å². The summed E-state index contributed by atoms with van der Waals surface area (Å²) in [6.45, 7) is 0.805. The quantitative estimate of drug-likeness (QED) is 0.757. The Balaban J connectivity index is 1.79. The minimum absolute atomic E-state index is 0.234. The molecule has 0 spiro atoms. The highest BCUT2D eigenvalue weighted by molar-refractivity contribution is 7.86. The average molecular weight is 338 g/mol. The molecule has 1 unspecified atom stereocenters. The molecule has 9 nitrogen and oxygen atoms in total. The summed E-state index contributed by atoms with van der Waals surface area (Å²) in [7, 11) is -0.461. The molecule has 0 saturated carbocycles. The van der Waals surface area contributed by atoms with Gasteiger partial charge in [-0.25, -0.2) is 9.97 Å². The zero-order chi connectivity index (χ0) is 16.4. The minimum atomic E-state index is -3.50. The first-order valence-corrected chi connectivity index (χ1v) is 8.48. The van der Waals surface area contributed by atoms with E-state index in [-0.39, 0.29) is 25.2 Å². The van der Waals surface area contributed by atoms with E-state index in [1.165, 1.54) is 22.7 Å². The SMILES string of the molecule is CN(C)S(=O)(=O)N1Cc2ccnn2C(COc2ncccn2)C1. The maximum atomic E-state index is 12.4. The smallest absolute Gasteiger partial charge is 0.316 e. The average Bonchev–Trinajstić information content (AvgIpc) is 3.02. The number of fused-ring (bicyclic) bond motifs is 1. The Morgan fingerprint density at radius 1 is 1.30 bits per heavy atom. The van der Waals surface area contributed by atoms with Crippen molar-refractivity contribution in [2.45, 2.75) is 12.6 Å². The highest BCUT2D eigenvalue weighted by Crippen LogP contribution is 2.23. The Labute approximate surface area is 134 Å². The number of hydrogen-bond donors (Lipinski definition) is 0. The van der Waals surface area contributed by atoms with E-state index < -0.39 is 10.2 Å². The lowest BCUT2D eigenvalue weighted by Gasteiger charge is -2.34. The molecule has 1 aliphatic heterocycles. The van der Waals surface area contributed by atoms with E-state index in [4.69, 9.17) is 4.74 Å². The summed E-state index contributed by atoms with van der Waals surface area (Å²) < 4.78 is 34.8. The molecule has 124 valence electrons. The summed E-state index contributed by atoms with van der Waals surface area (Å²) in [5, 5.41) is 4.27. The van der Waals surface area contributed by atoms with Crippen LogP contribution in [0.25, 0.3) is 0 Å². The second-order valence-electron chi connectivity index (χ2n) is 5.35. The van der Waals surface area contributed by atoms with Crippen molar-refractivity contribution in [3.63, 3.8) is 0 Å². The molecular weight excluding hydrogens is 320 g/mol. The third kappa shape index (κ3) is 3.19. The molecule has 3 rings (SSSR count). The van der Waals surface area contributed by atoms with Crippen LogP contribution in [-0.4, -0.2) is 64.0 Å². The van der Waals surface area contributed by atoms with Crippen molar-refractivity contribution < 1.29 is 13.2 Å². The topological polar surface area (TPSA) is 93.5 Å². The van der Waals surface area contributed by atoms with Gasteiger partial charge < -0.3 is 4.74 Å². The van der Waals surface area contributed by atoms with Crippen molar-refractivity contribution >= 4 is 10.2 Å². The lowest BCUT2D eigenvalue weighted by atomic mass is 10.2. The summed E-state index contributed by atoms with van der Waals surface area (Å²) in [6, 6.07) is 3.52. The van der Waals surface area contributed by atoms with E-state index >= 15 is 0 Å². The molecule has 1 aliphatic rings. The van der Waals surface area contributed by atoms with Gasteiger partial charge in [-0.3, -0.25) is 4.68 Å². The molecule has 2 aromatic rings. The van der Waals surface area contributed by atoms with Gasteiger partial charge in [0.2, 0.25) is 0 Å². The largest absolute Gasteiger partial charge is 0.461 e. The molecule has 0 N–H and O–H groups in total. The Morgan fingerprint density at radius 3 is 2.74 bits per heavy atom. The van der Waals surface area contributed by atoms with Crippen LogP contribution in [0.2, 0.25) is 0 Å². The van der Waals surface area contributed by atoms with E-state index in [0.29, 0.717) is 6.54 Å². The van der Waals surface area contributed by atoms with Crippen LogP contribution in [-0.2, 0) is 16.8 Å². The van der Waals surface area contributed by atoms with E-state index in [1.807, 2.05) is 6.07 Å². The van der Waals surface area contributed by atoms with Gasteiger partial charge in [0.05, 0.1) is 12.2 Å². The maximum Gasteiger partial charge on any atom is 0.316 e. The normalized spacial score (nSPS) is 18.8. The molecular formula is C13H18N6O3S. The predicted octanol–water partition coefficient (Wildman–Crippen LogP) is -0.0848. The summed E-state index contributed by atoms with van der Waals surface area (Å²) in [5.74, 6) is 0. The van der Waals surface area contributed by atoms with Gasteiger partial charge in [-0.2, -0.15) is 22.1 Å². The standard InChI is InChI=1S/C13H18N6O3S/c1-17(2)23(20,21)18-8-11-4-7-16-19(11)12(9-18)10-22-13-14-5-3-6-15-13/h3-7,12H,8-10H2,1-2H3. The summed E-state index contributed by atoms with van der Waals surface area (Å²) in [6.07, 6.45) is 4.84. The molecule has 0 amide bonds. The Bertz CT molecular complexity index is 761. The molecule has 0 saturated heterocycles. The van der Waals surface area contributed by atoms with Gasteiger partial charge in [0.15, 0.2) is 0 Å². The predicted molar refractivity (Wildman–Crippen MR) is 81.8 cm³/mol. The molecule has 0 aromatic carbocycles. The van der Waals surface area contributed by atoms with Crippen molar-refractivity contribution in [3.8, 4) is 6.01 Å². The first-order valence-electron chi connectivity index (χ1n) is 7.08. The van der Waals surface area contributed by atoms with Gasteiger partial charge in [-0.05, 0) is 12.1 Å². The van der Waals surface area contributed by atoms with Gasteiger partial charge in [-0.15, -0.1) is 0 Å². The first kappa shape index (κ1) is 15.8. The summed E-state index contributed by atoms with van der Waals surface area (Å²) in [4.78, 5) is 8.00. The Hall–Kier alpha value is -2.04. The van der Waals surface area contributed by atoms with Crippen LogP contribution < -0.4 is 4.74 Å². The highest BCUT2D eigenvalue weighted by Gasteiger charge is 2.34. The van der Waals surface area contributed by atoms with E-state index in [0.717, 1.165) is 5.69 Å².